The van der Waals surface area contributed by atoms with E-state index in [1.807, 2.05) is 29.5 Å². The van der Waals surface area contributed by atoms with Crippen molar-refractivity contribution in [2.24, 2.45) is 0 Å². The van der Waals surface area contributed by atoms with Crippen LogP contribution in [-0.4, -0.2) is 15.0 Å². The van der Waals surface area contributed by atoms with Gasteiger partial charge in [-0.15, -0.1) is 11.3 Å². The highest BCUT2D eigenvalue weighted by Gasteiger charge is 2.35. The molecule has 7 aromatic rings. The average Bonchev–Trinajstić information content (AvgIpc) is 3.49. The number of hydrogen-bond donors (Lipinski definition) is 0. The van der Waals surface area contributed by atoms with Crippen molar-refractivity contribution in [2.45, 2.75) is 19.3 Å². The average molecular weight is 532 g/mol. The molecular formula is C36H25N3S. The van der Waals surface area contributed by atoms with Gasteiger partial charge in [-0.25, -0.2) is 15.0 Å². The van der Waals surface area contributed by atoms with Gasteiger partial charge in [0.1, 0.15) is 0 Å². The van der Waals surface area contributed by atoms with Crippen LogP contribution >= 0.6 is 11.3 Å². The summed E-state index contributed by atoms with van der Waals surface area (Å²) in [4.78, 5) is 15.0. The zero-order chi connectivity index (χ0) is 26.8. The van der Waals surface area contributed by atoms with Crippen molar-refractivity contribution in [3.63, 3.8) is 0 Å². The number of hydrogen-bond acceptors (Lipinski definition) is 4. The minimum atomic E-state index is -0.0381. The Hall–Kier alpha value is -4.67. The van der Waals surface area contributed by atoms with E-state index < -0.39 is 0 Å². The maximum atomic E-state index is 5.06. The number of rotatable bonds is 3. The zero-order valence-corrected chi connectivity index (χ0v) is 23.0. The fraction of sp³-hybridized carbons (Fsp3) is 0.0833. The molecule has 0 fully saturated rings. The van der Waals surface area contributed by atoms with E-state index in [-0.39, 0.29) is 5.41 Å². The van der Waals surface area contributed by atoms with Crippen LogP contribution in [0.3, 0.4) is 0 Å². The Balaban J connectivity index is 1.32. The highest BCUT2D eigenvalue weighted by Crippen LogP contribution is 2.49. The Kier molecular flexibility index (Phi) is 5.04. The highest BCUT2D eigenvalue weighted by molar-refractivity contribution is 7.25. The van der Waals surface area contributed by atoms with E-state index in [4.69, 9.17) is 15.0 Å². The molecule has 0 radical (unpaired) electrons. The molecule has 0 spiro atoms. The lowest BCUT2D eigenvalue weighted by Gasteiger charge is -2.21. The Bertz CT molecular complexity index is 2090. The molecular weight excluding hydrogens is 506 g/mol. The number of aromatic nitrogens is 3. The molecule has 2 heterocycles. The van der Waals surface area contributed by atoms with Crippen molar-refractivity contribution in [3.8, 4) is 45.3 Å². The smallest absolute Gasteiger partial charge is 0.164 e. The van der Waals surface area contributed by atoms with E-state index >= 15 is 0 Å². The maximum Gasteiger partial charge on any atom is 0.164 e. The van der Waals surface area contributed by atoms with Crippen LogP contribution in [0.15, 0.2) is 115 Å². The topological polar surface area (TPSA) is 38.7 Å². The highest BCUT2D eigenvalue weighted by atomic mass is 32.1. The molecule has 1 aliphatic carbocycles. The molecule has 40 heavy (non-hydrogen) atoms. The molecule has 3 nitrogen and oxygen atoms in total. The third-order valence-corrected chi connectivity index (χ3v) is 9.28. The number of thiophene rings is 1. The van der Waals surface area contributed by atoms with E-state index in [0.717, 1.165) is 16.7 Å². The van der Waals surface area contributed by atoms with Gasteiger partial charge in [0.05, 0.1) is 0 Å². The van der Waals surface area contributed by atoms with Crippen molar-refractivity contribution >= 4 is 31.5 Å². The maximum absolute atomic E-state index is 5.06. The van der Waals surface area contributed by atoms with Gasteiger partial charge in [0.25, 0.3) is 0 Å². The third-order valence-electron chi connectivity index (χ3n) is 8.15. The van der Waals surface area contributed by atoms with Gasteiger partial charge in [0.15, 0.2) is 17.5 Å². The molecule has 0 atom stereocenters. The predicted molar refractivity (Wildman–Crippen MR) is 167 cm³/mol. The third kappa shape index (κ3) is 3.53. The van der Waals surface area contributed by atoms with Crippen LogP contribution in [0.5, 0.6) is 0 Å². The first-order valence-corrected chi connectivity index (χ1v) is 14.4. The summed E-state index contributed by atoms with van der Waals surface area (Å²) in [6.45, 7) is 4.60. The van der Waals surface area contributed by atoms with Crippen molar-refractivity contribution in [3.05, 3.63) is 126 Å². The molecule has 0 N–H and O–H groups in total. The summed E-state index contributed by atoms with van der Waals surface area (Å²) in [5.41, 5.74) is 8.17. The lowest BCUT2D eigenvalue weighted by atomic mass is 9.82. The lowest BCUT2D eigenvalue weighted by molar-refractivity contribution is 0.660. The fourth-order valence-electron chi connectivity index (χ4n) is 6.07. The molecule has 0 saturated carbocycles. The number of benzene rings is 5. The van der Waals surface area contributed by atoms with Gasteiger partial charge in [-0.3, -0.25) is 0 Å². The summed E-state index contributed by atoms with van der Waals surface area (Å²) >= 11 is 1.81. The zero-order valence-electron chi connectivity index (χ0n) is 22.2. The largest absolute Gasteiger partial charge is 0.208 e. The molecule has 8 rings (SSSR count). The van der Waals surface area contributed by atoms with E-state index in [0.29, 0.717) is 17.5 Å². The van der Waals surface area contributed by atoms with E-state index in [1.54, 1.807) is 0 Å². The van der Waals surface area contributed by atoms with Crippen molar-refractivity contribution in [1.82, 2.24) is 15.0 Å². The SMILES string of the molecule is CC1(C)c2ccccc2-c2cc(-c3nc(-c4ccccc4)nc(-c4ccc5c(c4)sc4ccccc45)n3)ccc21. The van der Waals surface area contributed by atoms with E-state index in [1.165, 1.54) is 42.4 Å². The number of nitrogens with zero attached hydrogens (tertiary/aromatic N) is 3. The summed E-state index contributed by atoms with van der Waals surface area (Å²) in [5.74, 6) is 2.05. The van der Waals surface area contributed by atoms with Gasteiger partial charge < -0.3 is 0 Å². The fourth-order valence-corrected chi connectivity index (χ4v) is 7.22. The second kappa shape index (κ2) is 8.67. The van der Waals surface area contributed by atoms with Gasteiger partial charge in [-0.2, -0.15) is 0 Å². The quantitative estimate of drug-likeness (QED) is 0.228. The summed E-state index contributed by atoms with van der Waals surface area (Å²) in [7, 11) is 0. The molecule has 0 aliphatic heterocycles. The monoisotopic (exact) mass is 531 g/mol. The summed E-state index contributed by atoms with van der Waals surface area (Å²) in [5, 5.41) is 2.55. The van der Waals surface area contributed by atoms with Crippen molar-refractivity contribution in [1.29, 1.82) is 0 Å². The van der Waals surface area contributed by atoms with Crippen molar-refractivity contribution < 1.29 is 0 Å². The predicted octanol–water partition coefficient (Wildman–Crippen LogP) is 9.55. The number of fused-ring (bicyclic) bond motifs is 6. The molecule has 4 heteroatoms. The molecule has 0 bridgehead atoms. The lowest BCUT2D eigenvalue weighted by Crippen LogP contribution is -2.14. The molecule has 5 aromatic carbocycles. The minimum absolute atomic E-state index is 0.0381. The van der Waals surface area contributed by atoms with Crippen LogP contribution in [0.2, 0.25) is 0 Å². The molecule has 2 aromatic heterocycles. The first-order chi connectivity index (χ1) is 19.6. The first kappa shape index (κ1) is 23.2. The van der Waals surface area contributed by atoms with E-state index in [2.05, 4.69) is 111 Å². The van der Waals surface area contributed by atoms with Crippen LogP contribution in [0.1, 0.15) is 25.0 Å². The Morgan fingerprint density at radius 2 is 1.07 bits per heavy atom. The summed E-state index contributed by atoms with van der Waals surface area (Å²) < 4.78 is 2.52. The van der Waals surface area contributed by atoms with Crippen molar-refractivity contribution in [2.75, 3.05) is 0 Å². The molecule has 0 saturated heterocycles. The molecule has 0 unspecified atom stereocenters. The Labute approximate surface area is 236 Å². The van der Waals surface area contributed by atoms with Gasteiger partial charge in [-0.1, -0.05) is 111 Å². The second-order valence-corrected chi connectivity index (χ2v) is 12.0. The van der Waals surface area contributed by atoms with Gasteiger partial charge in [-0.05, 0) is 40.5 Å². The van der Waals surface area contributed by atoms with Crippen LogP contribution in [0.4, 0.5) is 0 Å². The molecule has 0 amide bonds. The van der Waals surface area contributed by atoms with Crippen LogP contribution in [0, 0.1) is 0 Å². The normalized spacial score (nSPS) is 13.4. The van der Waals surface area contributed by atoms with Gasteiger partial charge >= 0.3 is 0 Å². The van der Waals surface area contributed by atoms with Crippen LogP contribution in [-0.2, 0) is 5.41 Å². The van der Waals surface area contributed by atoms with Crippen LogP contribution in [0.25, 0.3) is 65.5 Å². The Morgan fingerprint density at radius 3 is 1.90 bits per heavy atom. The molecule has 1 aliphatic rings. The van der Waals surface area contributed by atoms with Crippen LogP contribution < -0.4 is 0 Å². The summed E-state index contributed by atoms with van der Waals surface area (Å²) in [6.07, 6.45) is 0. The Morgan fingerprint density at radius 1 is 0.475 bits per heavy atom. The van der Waals surface area contributed by atoms with E-state index in [9.17, 15) is 0 Å². The molecule has 190 valence electrons. The summed E-state index contributed by atoms with van der Waals surface area (Å²) in [6, 6.07) is 40.7. The second-order valence-electron chi connectivity index (χ2n) is 10.9. The minimum Gasteiger partial charge on any atom is -0.208 e. The van der Waals surface area contributed by atoms with Gasteiger partial charge in [0, 0.05) is 42.3 Å². The standard InChI is InChI=1S/C36H25N3S/c1-36(2)29-14-8-6-12-25(29)28-20-23(17-19-30(28)36)34-37-33(22-10-4-3-5-11-22)38-35(39-34)24-16-18-27-26-13-7-9-15-31(26)40-32(27)21-24/h3-21H,1-2H3. The van der Waals surface area contributed by atoms with Gasteiger partial charge in [0.2, 0.25) is 0 Å². The first-order valence-electron chi connectivity index (χ1n) is 13.5.